The number of carbonyl (C=O) groups is 1. The summed E-state index contributed by atoms with van der Waals surface area (Å²) in [7, 11) is 1.62. The summed E-state index contributed by atoms with van der Waals surface area (Å²) in [6.45, 7) is 3.06. The molecule has 0 bridgehead atoms. The van der Waals surface area contributed by atoms with Gasteiger partial charge in [-0.25, -0.2) is 0 Å². The van der Waals surface area contributed by atoms with Crippen molar-refractivity contribution >= 4 is 39.8 Å². The van der Waals surface area contributed by atoms with Gasteiger partial charge in [0.15, 0.2) is 0 Å². The number of aryl methyl sites for hydroxylation is 1. The van der Waals surface area contributed by atoms with Crippen molar-refractivity contribution in [2.24, 2.45) is 0 Å². The summed E-state index contributed by atoms with van der Waals surface area (Å²) in [4.78, 5) is 12.4. The second kappa shape index (κ2) is 5.67. The quantitative estimate of drug-likeness (QED) is 0.680. The molecule has 1 rings (SSSR count). The van der Waals surface area contributed by atoms with Gasteiger partial charge < -0.3 is 10.1 Å². The SMILES string of the molecule is COCCNC(=O)c1sc(I)cc1C. The number of hydrogen-bond acceptors (Lipinski definition) is 3. The molecule has 0 unspecified atom stereocenters. The van der Waals surface area contributed by atoms with Crippen molar-refractivity contribution in [3.8, 4) is 0 Å². The van der Waals surface area contributed by atoms with Crippen LogP contribution in [0.4, 0.5) is 0 Å². The number of nitrogens with one attached hydrogen (secondary N) is 1. The lowest BCUT2D eigenvalue weighted by Gasteiger charge is -2.02. The van der Waals surface area contributed by atoms with Gasteiger partial charge in [-0.1, -0.05) is 0 Å². The Morgan fingerprint density at radius 2 is 2.43 bits per heavy atom. The Morgan fingerprint density at radius 3 is 2.93 bits per heavy atom. The maximum absolute atomic E-state index is 11.6. The highest BCUT2D eigenvalue weighted by Gasteiger charge is 2.11. The molecule has 0 aliphatic carbocycles. The minimum absolute atomic E-state index is 0.00698. The molecule has 0 saturated heterocycles. The Bertz CT molecular complexity index is 325. The number of amides is 1. The fourth-order valence-corrected chi connectivity index (χ4v) is 2.96. The van der Waals surface area contributed by atoms with E-state index >= 15 is 0 Å². The van der Waals surface area contributed by atoms with Gasteiger partial charge in [0.25, 0.3) is 5.91 Å². The van der Waals surface area contributed by atoms with Crippen molar-refractivity contribution in [1.82, 2.24) is 5.32 Å². The average Bonchev–Trinajstić information content (AvgIpc) is 2.45. The van der Waals surface area contributed by atoms with E-state index in [1.54, 1.807) is 7.11 Å². The molecule has 0 spiro atoms. The molecule has 3 nitrogen and oxygen atoms in total. The Kier molecular flexibility index (Phi) is 4.83. The zero-order valence-corrected chi connectivity index (χ0v) is 11.1. The summed E-state index contributed by atoms with van der Waals surface area (Å²) in [5.41, 5.74) is 1.04. The Balaban J connectivity index is 2.56. The van der Waals surface area contributed by atoms with Crippen molar-refractivity contribution in [1.29, 1.82) is 0 Å². The lowest BCUT2D eigenvalue weighted by Crippen LogP contribution is -2.26. The largest absolute Gasteiger partial charge is 0.383 e. The maximum Gasteiger partial charge on any atom is 0.261 e. The zero-order chi connectivity index (χ0) is 10.6. The van der Waals surface area contributed by atoms with E-state index in [-0.39, 0.29) is 5.91 Å². The van der Waals surface area contributed by atoms with Crippen LogP contribution in [-0.2, 0) is 4.74 Å². The van der Waals surface area contributed by atoms with Gasteiger partial charge in [-0.2, -0.15) is 0 Å². The van der Waals surface area contributed by atoms with Crippen LogP contribution in [0.25, 0.3) is 0 Å². The first-order valence-electron chi connectivity index (χ1n) is 4.18. The third-order valence-corrected chi connectivity index (χ3v) is 3.68. The van der Waals surface area contributed by atoms with E-state index in [0.717, 1.165) is 13.3 Å². The van der Waals surface area contributed by atoms with Crippen molar-refractivity contribution in [3.63, 3.8) is 0 Å². The van der Waals surface area contributed by atoms with Crippen LogP contribution in [0.2, 0.25) is 0 Å². The molecule has 1 amide bonds. The Labute approximate surface area is 101 Å². The van der Waals surface area contributed by atoms with Gasteiger partial charge in [0, 0.05) is 13.7 Å². The van der Waals surface area contributed by atoms with Crippen LogP contribution < -0.4 is 5.32 Å². The highest BCUT2D eigenvalue weighted by atomic mass is 127. The summed E-state index contributed by atoms with van der Waals surface area (Å²) in [5, 5.41) is 2.80. The van der Waals surface area contributed by atoms with E-state index in [1.165, 1.54) is 11.3 Å². The minimum atomic E-state index is -0.00698. The summed E-state index contributed by atoms with van der Waals surface area (Å²) in [6, 6.07) is 2.01. The van der Waals surface area contributed by atoms with Gasteiger partial charge in [0.2, 0.25) is 0 Å². The molecule has 0 atom stereocenters. The van der Waals surface area contributed by atoms with Gasteiger partial charge in [0.05, 0.1) is 14.4 Å². The van der Waals surface area contributed by atoms with Crippen molar-refractivity contribution < 1.29 is 9.53 Å². The van der Waals surface area contributed by atoms with Gasteiger partial charge in [-0.05, 0) is 41.1 Å². The average molecular weight is 325 g/mol. The molecule has 0 aliphatic heterocycles. The first-order chi connectivity index (χ1) is 6.65. The van der Waals surface area contributed by atoms with Gasteiger partial charge in [-0.3, -0.25) is 4.79 Å². The van der Waals surface area contributed by atoms with Gasteiger partial charge >= 0.3 is 0 Å². The van der Waals surface area contributed by atoms with Crippen molar-refractivity contribution in [2.75, 3.05) is 20.3 Å². The van der Waals surface area contributed by atoms with E-state index in [9.17, 15) is 4.79 Å². The standard InChI is InChI=1S/C9H12INO2S/c1-6-5-7(10)14-8(6)9(12)11-3-4-13-2/h5H,3-4H2,1-2H3,(H,11,12). The van der Waals surface area contributed by atoms with E-state index in [1.807, 2.05) is 13.0 Å². The molecule has 0 fully saturated rings. The predicted molar refractivity (Wildman–Crippen MR) is 66.0 cm³/mol. The van der Waals surface area contributed by atoms with Crippen LogP contribution in [-0.4, -0.2) is 26.2 Å². The Morgan fingerprint density at radius 1 is 1.71 bits per heavy atom. The fourth-order valence-electron chi connectivity index (χ4n) is 1.02. The molecule has 0 saturated carbocycles. The number of methoxy groups -OCH3 is 1. The minimum Gasteiger partial charge on any atom is -0.383 e. The smallest absolute Gasteiger partial charge is 0.261 e. The normalized spacial score (nSPS) is 10.2. The number of thiophene rings is 1. The molecule has 1 heterocycles. The van der Waals surface area contributed by atoms with Crippen LogP contribution in [0.1, 0.15) is 15.2 Å². The lowest BCUT2D eigenvalue weighted by atomic mass is 10.3. The van der Waals surface area contributed by atoms with Crippen LogP contribution in [0.5, 0.6) is 0 Å². The van der Waals surface area contributed by atoms with Gasteiger partial charge in [-0.15, -0.1) is 11.3 Å². The second-order valence-corrected chi connectivity index (χ2v) is 5.76. The molecular formula is C9H12INO2S. The van der Waals surface area contributed by atoms with E-state index in [4.69, 9.17) is 4.74 Å². The number of rotatable bonds is 4. The first-order valence-corrected chi connectivity index (χ1v) is 6.07. The van der Waals surface area contributed by atoms with Crippen LogP contribution in [0.15, 0.2) is 6.07 Å². The summed E-state index contributed by atoms with van der Waals surface area (Å²) in [5.74, 6) is -0.00698. The zero-order valence-electron chi connectivity index (χ0n) is 8.09. The van der Waals surface area contributed by atoms with Crippen LogP contribution in [0, 0.1) is 9.81 Å². The monoisotopic (exact) mass is 325 g/mol. The second-order valence-electron chi connectivity index (χ2n) is 2.81. The number of hydrogen-bond donors (Lipinski definition) is 1. The lowest BCUT2D eigenvalue weighted by molar-refractivity contribution is 0.0940. The van der Waals surface area contributed by atoms with Gasteiger partial charge in [0.1, 0.15) is 0 Å². The van der Waals surface area contributed by atoms with Crippen molar-refractivity contribution in [2.45, 2.75) is 6.92 Å². The third-order valence-electron chi connectivity index (χ3n) is 1.69. The molecule has 14 heavy (non-hydrogen) atoms. The van der Waals surface area contributed by atoms with E-state index in [0.29, 0.717) is 13.2 Å². The topological polar surface area (TPSA) is 38.3 Å². The summed E-state index contributed by atoms with van der Waals surface area (Å²) < 4.78 is 5.99. The predicted octanol–water partition coefficient (Wildman–Crippen LogP) is 2.04. The fraction of sp³-hybridized carbons (Fsp3) is 0.444. The summed E-state index contributed by atoms with van der Waals surface area (Å²) in [6.07, 6.45) is 0. The number of halogens is 1. The third kappa shape index (κ3) is 3.21. The number of ether oxygens (including phenoxy) is 1. The first kappa shape index (κ1) is 11.9. The highest BCUT2D eigenvalue weighted by Crippen LogP contribution is 2.22. The van der Waals surface area contributed by atoms with E-state index in [2.05, 4.69) is 27.9 Å². The molecule has 1 N–H and O–H groups in total. The molecule has 78 valence electrons. The molecule has 0 aromatic carbocycles. The molecular weight excluding hydrogens is 313 g/mol. The number of carbonyl (C=O) groups excluding carboxylic acids is 1. The Hall–Kier alpha value is -0.140. The van der Waals surface area contributed by atoms with Crippen LogP contribution in [0.3, 0.4) is 0 Å². The van der Waals surface area contributed by atoms with Crippen molar-refractivity contribution in [3.05, 3.63) is 19.4 Å². The maximum atomic E-state index is 11.6. The molecule has 5 heteroatoms. The molecule has 1 aromatic heterocycles. The molecule has 1 aromatic rings. The molecule has 0 aliphatic rings. The highest BCUT2D eigenvalue weighted by molar-refractivity contribution is 14.1. The van der Waals surface area contributed by atoms with Crippen LogP contribution >= 0.6 is 33.9 Å². The van der Waals surface area contributed by atoms with E-state index < -0.39 is 0 Å². The molecule has 0 radical (unpaired) electrons. The summed E-state index contributed by atoms with van der Waals surface area (Å²) >= 11 is 3.73.